The van der Waals surface area contributed by atoms with E-state index in [1.165, 1.54) is 5.56 Å². The van der Waals surface area contributed by atoms with Gasteiger partial charge in [0.05, 0.1) is 11.6 Å². The molecular weight excluding hydrogens is 350 g/mol. The second-order valence-corrected chi connectivity index (χ2v) is 7.44. The van der Waals surface area contributed by atoms with Crippen molar-refractivity contribution in [3.05, 3.63) is 65.2 Å². The van der Waals surface area contributed by atoms with Crippen molar-refractivity contribution in [3.63, 3.8) is 0 Å². The summed E-state index contributed by atoms with van der Waals surface area (Å²) in [5, 5.41) is 14.9. The summed E-state index contributed by atoms with van der Waals surface area (Å²) in [6.07, 6.45) is 2.84. The average molecular weight is 375 g/mol. The predicted molar refractivity (Wildman–Crippen MR) is 108 cm³/mol. The molecule has 2 amide bonds. The molecule has 0 unspecified atom stereocenters. The van der Waals surface area contributed by atoms with Crippen molar-refractivity contribution in [2.24, 2.45) is 11.8 Å². The van der Waals surface area contributed by atoms with E-state index in [-0.39, 0.29) is 23.7 Å². The Morgan fingerprint density at radius 2 is 1.68 bits per heavy atom. The molecule has 2 aromatic carbocycles. The Bertz CT molecular complexity index is 893. The van der Waals surface area contributed by atoms with Crippen LogP contribution in [0.15, 0.2) is 48.5 Å². The maximum atomic E-state index is 12.5. The number of nitrogens with zero attached hydrogens (tertiary/aromatic N) is 1. The predicted octanol–water partition coefficient (Wildman–Crippen LogP) is 3.93. The molecule has 5 nitrogen and oxygen atoms in total. The van der Waals surface area contributed by atoms with Gasteiger partial charge in [-0.3, -0.25) is 9.59 Å². The monoisotopic (exact) mass is 375 g/mol. The molecule has 0 heterocycles. The molecule has 1 aliphatic rings. The number of carbonyl (C=O) groups excluding carboxylic acids is 2. The fourth-order valence-electron chi connectivity index (χ4n) is 3.68. The standard InChI is InChI=1S/C23H25N3O2/c1-16-4-2-6-18(12-16)15-25-22(27)19-8-10-20(11-9-19)23(28)26-21-7-3-5-17(13-21)14-24/h2-7,12-13,19-20H,8-11,15H2,1H3,(H,25,27)(H,26,28). The molecule has 2 N–H and O–H groups in total. The number of nitrogens with one attached hydrogen (secondary N) is 2. The zero-order valence-electron chi connectivity index (χ0n) is 16.1. The van der Waals surface area contributed by atoms with E-state index in [0.29, 0.717) is 30.6 Å². The lowest BCUT2D eigenvalue weighted by Crippen LogP contribution is -2.35. The highest BCUT2D eigenvalue weighted by Crippen LogP contribution is 2.30. The summed E-state index contributed by atoms with van der Waals surface area (Å²) < 4.78 is 0. The first-order valence-corrected chi connectivity index (χ1v) is 9.69. The summed E-state index contributed by atoms with van der Waals surface area (Å²) in [6.45, 7) is 2.57. The van der Waals surface area contributed by atoms with E-state index >= 15 is 0 Å². The smallest absolute Gasteiger partial charge is 0.227 e. The van der Waals surface area contributed by atoms with Gasteiger partial charge in [-0.25, -0.2) is 0 Å². The van der Waals surface area contributed by atoms with E-state index in [4.69, 9.17) is 5.26 Å². The van der Waals surface area contributed by atoms with Crippen LogP contribution in [0, 0.1) is 30.1 Å². The first kappa shape index (κ1) is 19.6. The Morgan fingerprint density at radius 1 is 1.00 bits per heavy atom. The van der Waals surface area contributed by atoms with Crippen molar-refractivity contribution in [2.75, 3.05) is 5.32 Å². The molecule has 0 radical (unpaired) electrons. The van der Waals surface area contributed by atoms with Crippen molar-refractivity contribution in [1.82, 2.24) is 5.32 Å². The quantitative estimate of drug-likeness (QED) is 0.831. The number of hydrogen-bond acceptors (Lipinski definition) is 3. The zero-order valence-corrected chi connectivity index (χ0v) is 16.1. The second-order valence-electron chi connectivity index (χ2n) is 7.44. The van der Waals surface area contributed by atoms with Gasteiger partial charge in [0.25, 0.3) is 0 Å². The highest BCUT2D eigenvalue weighted by atomic mass is 16.2. The second kappa shape index (κ2) is 9.18. The molecule has 0 atom stereocenters. The summed E-state index contributed by atoms with van der Waals surface area (Å²) in [5.41, 5.74) is 3.44. The fourth-order valence-corrected chi connectivity index (χ4v) is 3.68. The molecule has 2 aromatic rings. The largest absolute Gasteiger partial charge is 0.352 e. The number of hydrogen-bond donors (Lipinski definition) is 2. The summed E-state index contributed by atoms with van der Waals surface area (Å²) in [7, 11) is 0. The normalized spacial score (nSPS) is 18.7. The van der Waals surface area contributed by atoms with Crippen LogP contribution in [-0.4, -0.2) is 11.8 Å². The number of carbonyl (C=O) groups is 2. The Labute approximate surface area is 165 Å². The van der Waals surface area contributed by atoms with E-state index in [1.807, 2.05) is 25.1 Å². The van der Waals surface area contributed by atoms with Crippen LogP contribution < -0.4 is 10.6 Å². The van der Waals surface area contributed by atoms with Crippen LogP contribution in [0.4, 0.5) is 5.69 Å². The van der Waals surface area contributed by atoms with E-state index in [1.54, 1.807) is 24.3 Å². The van der Waals surface area contributed by atoms with Crippen LogP contribution in [0.5, 0.6) is 0 Å². The van der Waals surface area contributed by atoms with Crippen LogP contribution in [0.25, 0.3) is 0 Å². The van der Waals surface area contributed by atoms with Crippen molar-refractivity contribution in [1.29, 1.82) is 5.26 Å². The first-order chi connectivity index (χ1) is 13.5. The van der Waals surface area contributed by atoms with Gasteiger partial charge in [-0.1, -0.05) is 35.9 Å². The fraction of sp³-hybridized carbons (Fsp3) is 0.348. The van der Waals surface area contributed by atoms with Crippen molar-refractivity contribution < 1.29 is 9.59 Å². The summed E-state index contributed by atoms with van der Waals surface area (Å²) in [6, 6.07) is 17.1. The van der Waals surface area contributed by atoms with Crippen LogP contribution >= 0.6 is 0 Å². The molecule has 0 bridgehead atoms. The Balaban J connectivity index is 1.46. The highest BCUT2D eigenvalue weighted by molar-refractivity contribution is 5.93. The molecule has 3 rings (SSSR count). The lowest BCUT2D eigenvalue weighted by molar-refractivity contribution is -0.128. The third-order valence-corrected chi connectivity index (χ3v) is 5.28. The lowest BCUT2D eigenvalue weighted by atomic mass is 9.81. The molecule has 1 saturated carbocycles. The van der Waals surface area contributed by atoms with Gasteiger partial charge >= 0.3 is 0 Å². The number of aryl methyl sites for hydroxylation is 1. The molecule has 144 valence electrons. The SMILES string of the molecule is Cc1cccc(CNC(=O)C2CCC(C(=O)Nc3cccc(C#N)c3)CC2)c1. The Hall–Kier alpha value is -3.13. The highest BCUT2D eigenvalue weighted by Gasteiger charge is 2.29. The Morgan fingerprint density at radius 3 is 2.36 bits per heavy atom. The summed E-state index contributed by atoms with van der Waals surface area (Å²) in [5.74, 6) is -0.0851. The number of nitriles is 1. The van der Waals surface area contributed by atoms with Crippen LogP contribution in [0.1, 0.15) is 42.4 Å². The average Bonchev–Trinajstić information content (AvgIpc) is 2.72. The third-order valence-electron chi connectivity index (χ3n) is 5.28. The van der Waals surface area contributed by atoms with Crippen molar-refractivity contribution in [2.45, 2.75) is 39.2 Å². The van der Waals surface area contributed by atoms with E-state index < -0.39 is 0 Å². The van der Waals surface area contributed by atoms with Crippen molar-refractivity contribution >= 4 is 17.5 Å². The zero-order chi connectivity index (χ0) is 19.9. The minimum atomic E-state index is -0.0911. The van der Waals surface area contributed by atoms with Gasteiger partial charge in [0, 0.05) is 24.1 Å². The summed E-state index contributed by atoms with van der Waals surface area (Å²) >= 11 is 0. The molecule has 0 aromatic heterocycles. The topological polar surface area (TPSA) is 82.0 Å². The minimum absolute atomic E-state index is 0.0317. The van der Waals surface area contributed by atoms with Gasteiger partial charge in [-0.15, -0.1) is 0 Å². The molecule has 5 heteroatoms. The number of rotatable bonds is 5. The van der Waals surface area contributed by atoms with Crippen LogP contribution in [0.2, 0.25) is 0 Å². The summed E-state index contributed by atoms with van der Waals surface area (Å²) in [4.78, 5) is 24.9. The number of amides is 2. The third kappa shape index (κ3) is 5.20. The first-order valence-electron chi connectivity index (χ1n) is 9.69. The van der Waals surface area contributed by atoms with Gasteiger partial charge in [0.15, 0.2) is 0 Å². The molecule has 1 aliphatic carbocycles. The van der Waals surface area contributed by atoms with E-state index in [2.05, 4.69) is 22.8 Å². The van der Waals surface area contributed by atoms with E-state index in [9.17, 15) is 9.59 Å². The van der Waals surface area contributed by atoms with Gasteiger partial charge in [-0.05, 0) is 56.4 Å². The maximum absolute atomic E-state index is 12.5. The number of anilines is 1. The van der Waals surface area contributed by atoms with Gasteiger partial charge in [-0.2, -0.15) is 5.26 Å². The molecule has 0 spiro atoms. The molecular formula is C23H25N3O2. The maximum Gasteiger partial charge on any atom is 0.227 e. The Kier molecular flexibility index (Phi) is 6.44. The molecule has 1 fully saturated rings. The van der Waals surface area contributed by atoms with Gasteiger partial charge in [0.1, 0.15) is 0 Å². The van der Waals surface area contributed by atoms with Gasteiger partial charge < -0.3 is 10.6 Å². The minimum Gasteiger partial charge on any atom is -0.352 e. The number of benzene rings is 2. The lowest BCUT2D eigenvalue weighted by Gasteiger charge is -2.27. The molecule has 0 aliphatic heterocycles. The van der Waals surface area contributed by atoms with Crippen molar-refractivity contribution in [3.8, 4) is 6.07 Å². The molecule has 28 heavy (non-hydrogen) atoms. The molecule has 0 saturated heterocycles. The van der Waals surface area contributed by atoms with Gasteiger partial charge in [0.2, 0.25) is 11.8 Å². The van der Waals surface area contributed by atoms with Crippen LogP contribution in [-0.2, 0) is 16.1 Å². The van der Waals surface area contributed by atoms with Crippen LogP contribution in [0.3, 0.4) is 0 Å². The van der Waals surface area contributed by atoms with E-state index in [0.717, 1.165) is 18.4 Å².